The van der Waals surface area contributed by atoms with Gasteiger partial charge in [-0.15, -0.1) is 0 Å². The molecule has 0 atom stereocenters. The molecule has 0 saturated carbocycles. The van der Waals surface area contributed by atoms with Gasteiger partial charge in [0.25, 0.3) is 5.91 Å². The van der Waals surface area contributed by atoms with Gasteiger partial charge in [-0.05, 0) is 54.4 Å². The van der Waals surface area contributed by atoms with Crippen molar-refractivity contribution in [2.45, 2.75) is 19.9 Å². The largest absolute Gasteiger partial charge is 0.386 e. The van der Waals surface area contributed by atoms with Gasteiger partial charge in [-0.1, -0.05) is 53.9 Å². The zero-order valence-electron chi connectivity index (χ0n) is 18.5. The Morgan fingerprint density at radius 2 is 1.60 bits per heavy atom. The second-order valence-electron chi connectivity index (χ2n) is 7.00. The van der Waals surface area contributed by atoms with E-state index in [0.717, 1.165) is 17.7 Å². The minimum absolute atomic E-state index is 0.203. The van der Waals surface area contributed by atoms with E-state index in [4.69, 9.17) is 34.8 Å². The highest BCUT2D eigenvalue weighted by Crippen LogP contribution is 2.25. The fourth-order valence-corrected chi connectivity index (χ4v) is 3.25. The molecule has 5 nitrogen and oxygen atoms in total. The molecule has 3 N–H and O–H groups in total. The van der Waals surface area contributed by atoms with Crippen molar-refractivity contribution >= 4 is 58.5 Å². The van der Waals surface area contributed by atoms with Crippen LogP contribution in [-0.2, 0) is 16.1 Å². The van der Waals surface area contributed by atoms with Crippen LogP contribution >= 0.6 is 34.8 Å². The van der Waals surface area contributed by atoms with Gasteiger partial charge in [-0.3, -0.25) is 9.59 Å². The molecule has 3 aromatic carbocycles. The van der Waals surface area contributed by atoms with Gasteiger partial charge in [-0.25, -0.2) is 8.78 Å². The highest BCUT2D eigenvalue weighted by Gasteiger charge is 2.10. The topological polar surface area (TPSA) is 70.2 Å². The molecule has 3 aromatic rings. The summed E-state index contributed by atoms with van der Waals surface area (Å²) in [5.74, 6) is -2.11. The molecule has 0 fully saturated rings. The van der Waals surface area contributed by atoms with Gasteiger partial charge in [0, 0.05) is 40.1 Å². The van der Waals surface area contributed by atoms with Gasteiger partial charge in [0.05, 0.1) is 10.7 Å². The molecular weight excluding hydrogens is 519 g/mol. The van der Waals surface area contributed by atoms with Crippen molar-refractivity contribution < 1.29 is 18.4 Å². The second kappa shape index (κ2) is 14.3. The predicted molar refractivity (Wildman–Crippen MR) is 138 cm³/mol. The first-order valence-corrected chi connectivity index (χ1v) is 11.4. The van der Waals surface area contributed by atoms with Crippen molar-refractivity contribution in [2.75, 3.05) is 10.6 Å². The number of anilines is 2. The molecule has 35 heavy (non-hydrogen) atoms. The fourth-order valence-electron chi connectivity index (χ4n) is 2.67. The first kappa shape index (κ1) is 28.1. The maximum Gasteiger partial charge on any atom is 0.253 e. The van der Waals surface area contributed by atoms with Crippen molar-refractivity contribution in [3.8, 4) is 0 Å². The van der Waals surface area contributed by atoms with Crippen LogP contribution in [0.15, 0.2) is 72.4 Å². The number of halogens is 5. The van der Waals surface area contributed by atoms with E-state index in [1.54, 1.807) is 24.4 Å². The third-order valence-electron chi connectivity index (χ3n) is 4.49. The van der Waals surface area contributed by atoms with Crippen LogP contribution in [0.4, 0.5) is 20.2 Å². The number of carbonyl (C=O) groups excluding carboxylic acids is 2. The lowest BCUT2D eigenvalue weighted by Crippen LogP contribution is -2.17. The number of benzene rings is 3. The summed E-state index contributed by atoms with van der Waals surface area (Å²) in [4.78, 5) is 22.2. The average Bonchev–Trinajstić information content (AvgIpc) is 2.83. The molecule has 0 aromatic heterocycles. The summed E-state index contributed by atoms with van der Waals surface area (Å²) >= 11 is 17.8. The van der Waals surface area contributed by atoms with Crippen LogP contribution in [0.2, 0.25) is 15.1 Å². The van der Waals surface area contributed by atoms with Crippen LogP contribution in [0.3, 0.4) is 0 Å². The zero-order chi connectivity index (χ0) is 25.8. The summed E-state index contributed by atoms with van der Waals surface area (Å²) in [6, 6.07) is 15.6. The normalized spacial score (nSPS) is 10.6. The maximum atomic E-state index is 12.4. The fraction of sp³-hybridized carbons (Fsp3) is 0.120. The average molecular weight is 541 g/mol. The Morgan fingerprint density at radius 1 is 0.914 bits per heavy atom. The van der Waals surface area contributed by atoms with E-state index in [1.807, 2.05) is 31.2 Å². The van der Waals surface area contributed by atoms with E-state index in [9.17, 15) is 18.4 Å². The van der Waals surface area contributed by atoms with Crippen molar-refractivity contribution in [3.63, 3.8) is 0 Å². The van der Waals surface area contributed by atoms with E-state index >= 15 is 0 Å². The third-order valence-corrected chi connectivity index (χ3v) is 5.29. The molecule has 3 rings (SSSR count). The number of carbonyl (C=O) groups is 2. The molecule has 0 aliphatic heterocycles. The summed E-state index contributed by atoms with van der Waals surface area (Å²) in [6.45, 7) is 2.52. The van der Waals surface area contributed by atoms with Crippen LogP contribution in [0, 0.1) is 11.6 Å². The van der Waals surface area contributed by atoms with Gasteiger partial charge in [0.15, 0.2) is 11.6 Å². The van der Waals surface area contributed by atoms with Gasteiger partial charge < -0.3 is 16.0 Å². The number of hydrogen-bond acceptors (Lipinski definition) is 3. The molecule has 0 unspecified atom stereocenters. The summed E-state index contributed by atoms with van der Waals surface area (Å²) < 4.78 is 24.6. The third kappa shape index (κ3) is 9.56. The van der Waals surface area contributed by atoms with Crippen molar-refractivity contribution in [1.82, 2.24) is 5.32 Å². The molecule has 0 saturated heterocycles. The highest BCUT2D eigenvalue weighted by molar-refractivity contribution is 6.36. The summed E-state index contributed by atoms with van der Waals surface area (Å²) in [5, 5.41) is 9.74. The Kier molecular flexibility index (Phi) is 11.5. The molecule has 2 amide bonds. The molecule has 0 bridgehead atoms. The Hall–Kier alpha value is -3.13. The van der Waals surface area contributed by atoms with E-state index in [2.05, 4.69) is 16.0 Å². The molecule has 10 heteroatoms. The lowest BCUT2D eigenvalue weighted by atomic mass is 10.2. The summed E-state index contributed by atoms with van der Waals surface area (Å²) in [6.07, 6.45) is 2.70. The maximum absolute atomic E-state index is 12.4. The predicted octanol–water partition coefficient (Wildman–Crippen LogP) is 7.20. The summed E-state index contributed by atoms with van der Waals surface area (Å²) in [7, 11) is 0. The van der Waals surface area contributed by atoms with E-state index in [0.29, 0.717) is 45.7 Å². The molecule has 0 radical (unpaired) electrons. The standard InChI is InChI=1S/C18H17Cl3N2O.C7H5F2NO/c1-2-13(11-22-10-12-3-5-14(19)6-4-12)18(24)23-17-8-7-15(20)9-16(17)21;8-6-2-1-5(10-4-11)3-7(6)9/h3-9,11,22H,2,10H2,1H3,(H,23,24);1-4H,(H,10,11)/b13-11-;. The first-order chi connectivity index (χ1) is 16.7. The van der Waals surface area contributed by atoms with Crippen LogP contribution in [0.25, 0.3) is 0 Å². The van der Waals surface area contributed by atoms with Crippen molar-refractivity contribution in [3.05, 3.63) is 105 Å². The molecule has 184 valence electrons. The quantitative estimate of drug-likeness (QED) is 0.209. The molecule has 0 aliphatic rings. The lowest BCUT2D eigenvalue weighted by molar-refractivity contribution is -0.113. The number of amides is 2. The minimum atomic E-state index is -0.975. The Labute approximate surface area is 217 Å². The van der Waals surface area contributed by atoms with E-state index in [1.165, 1.54) is 6.07 Å². The Morgan fingerprint density at radius 3 is 2.20 bits per heavy atom. The van der Waals surface area contributed by atoms with E-state index < -0.39 is 11.6 Å². The smallest absolute Gasteiger partial charge is 0.253 e. The van der Waals surface area contributed by atoms with Gasteiger partial charge in [0.1, 0.15) is 0 Å². The molecule has 0 heterocycles. The molecule has 0 aliphatic carbocycles. The monoisotopic (exact) mass is 539 g/mol. The minimum Gasteiger partial charge on any atom is -0.386 e. The zero-order valence-corrected chi connectivity index (χ0v) is 20.8. The van der Waals surface area contributed by atoms with Gasteiger partial charge >= 0.3 is 0 Å². The highest BCUT2D eigenvalue weighted by atomic mass is 35.5. The lowest BCUT2D eigenvalue weighted by Gasteiger charge is -2.10. The SMILES string of the molecule is CC/C(=C/NCc1ccc(Cl)cc1)C(=O)Nc1ccc(Cl)cc1Cl.O=CNc1ccc(F)c(F)c1. The van der Waals surface area contributed by atoms with Gasteiger partial charge in [-0.2, -0.15) is 0 Å². The van der Waals surface area contributed by atoms with Crippen LogP contribution in [-0.4, -0.2) is 12.3 Å². The van der Waals surface area contributed by atoms with Crippen LogP contribution in [0.1, 0.15) is 18.9 Å². The Bertz CT molecular complexity index is 1190. The number of nitrogens with one attached hydrogen (secondary N) is 3. The van der Waals surface area contributed by atoms with Crippen LogP contribution < -0.4 is 16.0 Å². The summed E-state index contributed by atoms with van der Waals surface area (Å²) in [5.41, 5.74) is 2.46. The van der Waals surface area contributed by atoms with Crippen molar-refractivity contribution in [2.24, 2.45) is 0 Å². The van der Waals surface area contributed by atoms with Crippen molar-refractivity contribution in [1.29, 1.82) is 0 Å². The molecule has 0 spiro atoms. The number of rotatable bonds is 8. The Balaban J connectivity index is 0.000000328. The van der Waals surface area contributed by atoms with Gasteiger partial charge in [0.2, 0.25) is 6.41 Å². The van der Waals surface area contributed by atoms with Crippen LogP contribution in [0.5, 0.6) is 0 Å². The second-order valence-corrected chi connectivity index (χ2v) is 8.28. The molecular formula is C25H22Cl3F2N3O2. The first-order valence-electron chi connectivity index (χ1n) is 10.3. The van der Waals surface area contributed by atoms with E-state index in [-0.39, 0.29) is 11.6 Å². The number of hydrogen-bond donors (Lipinski definition) is 3.